The Balaban J connectivity index is 1.82. The van der Waals surface area contributed by atoms with Crippen molar-refractivity contribution in [3.63, 3.8) is 0 Å². The van der Waals surface area contributed by atoms with Crippen molar-refractivity contribution >= 4 is 0 Å². The maximum atomic E-state index is 10.4. The molecule has 3 N–H and O–H groups in total. The van der Waals surface area contributed by atoms with E-state index in [2.05, 4.69) is 35.9 Å². The van der Waals surface area contributed by atoms with Crippen molar-refractivity contribution < 1.29 is 5.11 Å². The molecule has 1 fully saturated rings. The Morgan fingerprint density at radius 3 is 2.67 bits per heavy atom. The van der Waals surface area contributed by atoms with Crippen LogP contribution in [0.1, 0.15) is 18.9 Å². The topological polar surface area (TPSA) is 52.7 Å². The average molecular weight is 291 g/mol. The molecule has 0 spiro atoms. The molecule has 4 heteroatoms. The highest BCUT2D eigenvalue weighted by molar-refractivity contribution is 5.16. The largest absolute Gasteiger partial charge is 0.390 e. The molecule has 1 aliphatic heterocycles. The molecule has 0 amide bonds. The Morgan fingerprint density at radius 2 is 2.00 bits per heavy atom. The molecular weight excluding hydrogens is 262 g/mol. The lowest BCUT2D eigenvalue weighted by Gasteiger charge is -2.40. The number of β-amino-alcohol motifs (C(OH)–C–C–N with tert-alkyl or cyclic N) is 1. The maximum Gasteiger partial charge on any atom is 0.0820 e. The third-order valence-electron chi connectivity index (χ3n) is 4.59. The van der Waals surface area contributed by atoms with Crippen molar-refractivity contribution in [1.29, 1.82) is 0 Å². The van der Waals surface area contributed by atoms with Crippen LogP contribution in [0, 0.1) is 0 Å². The summed E-state index contributed by atoms with van der Waals surface area (Å²) in [6, 6.07) is 10.6. The summed E-state index contributed by atoms with van der Waals surface area (Å²) in [4.78, 5) is 4.76. The van der Waals surface area contributed by atoms with Crippen LogP contribution in [0.3, 0.4) is 0 Å². The second kappa shape index (κ2) is 7.90. The van der Waals surface area contributed by atoms with Crippen LogP contribution in [-0.4, -0.2) is 66.3 Å². The molecule has 3 atom stereocenters. The van der Waals surface area contributed by atoms with Gasteiger partial charge in [0.1, 0.15) is 0 Å². The van der Waals surface area contributed by atoms with Crippen molar-refractivity contribution in [3.8, 4) is 0 Å². The monoisotopic (exact) mass is 291 g/mol. The second-order valence-corrected chi connectivity index (χ2v) is 6.22. The maximum absolute atomic E-state index is 10.4. The minimum atomic E-state index is -0.467. The Kier molecular flexibility index (Phi) is 6.18. The fourth-order valence-corrected chi connectivity index (χ4v) is 3.04. The lowest BCUT2D eigenvalue weighted by Crippen LogP contribution is -2.54. The van der Waals surface area contributed by atoms with Gasteiger partial charge in [-0.3, -0.25) is 4.90 Å². The first-order chi connectivity index (χ1) is 10.1. The van der Waals surface area contributed by atoms with E-state index in [0.717, 1.165) is 32.5 Å². The number of hydrogen-bond acceptors (Lipinski definition) is 4. The smallest absolute Gasteiger partial charge is 0.0820 e. The van der Waals surface area contributed by atoms with Crippen LogP contribution in [0.2, 0.25) is 0 Å². The summed E-state index contributed by atoms with van der Waals surface area (Å²) < 4.78 is 0. The number of aliphatic hydroxyl groups excluding tert-OH is 1. The van der Waals surface area contributed by atoms with E-state index in [0.29, 0.717) is 12.6 Å². The third-order valence-corrected chi connectivity index (χ3v) is 4.59. The van der Waals surface area contributed by atoms with Gasteiger partial charge in [-0.05, 0) is 25.5 Å². The van der Waals surface area contributed by atoms with Crippen LogP contribution in [0.25, 0.3) is 0 Å². The first-order valence-electron chi connectivity index (χ1n) is 8.00. The van der Waals surface area contributed by atoms with Gasteiger partial charge in [0.15, 0.2) is 0 Å². The van der Waals surface area contributed by atoms with Gasteiger partial charge in [0.05, 0.1) is 6.10 Å². The molecule has 1 saturated heterocycles. The van der Waals surface area contributed by atoms with Gasteiger partial charge in [-0.15, -0.1) is 0 Å². The molecule has 1 aromatic rings. The zero-order valence-corrected chi connectivity index (χ0v) is 13.3. The molecule has 2 rings (SSSR count). The van der Waals surface area contributed by atoms with Gasteiger partial charge in [0, 0.05) is 38.3 Å². The van der Waals surface area contributed by atoms with Crippen molar-refractivity contribution in [2.24, 2.45) is 5.73 Å². The SMILES string of the molecule is CCC1CN(CC(O)C(N)Cc2ccccc2)CCN1C. The second-order valence-electron chi connectivity index (χ2n) is 6.22. The first kappa shape index (κ1) is 16.4. The number of benzene rings is 1. The van der Waals surface area contributed by atoms with Gasteiger partial charge in [0.25, 0.3) is 0 Å². The molecule has 0 radical (unpaired) electrons. The predicted molar refractivity (Wildman–Crippen MR) is 87.3 cm³/mol. The fraction of sp³-hybridized carbons (Fsp3) is 0.647. The lowest BCUT2D eigenvalue weighted by molar-refractivity contribution is 0.0411. The lowest BCUT2D eigenvalue weighted by atomic mass is 10.0. The highest BCUT2D eigenvalue weighted by atomic mass is 16.3. The molecule has 4 nitrogen and oxygen atoms in total. The minimum Gasteiger partial charge on any atom is -0.390 e. The van der Waals surface area contributed by atoms with Crippen molar-refractivity contribution in [2.75, 3.05) is 33.2 Å². The molecule has 0 bridgehead atoms. The zero-order chi connectivity index (χ0) is 15.2. The molecule has 0 aliphatic carbocycles. The molecule has 21 heavy (non-hydrogen) atoms. The van der Waals surface area contributed by atoms with Gasteiger partial charge in [0.2, 0.25) is 0 Å². The predicted octanol–water partition coefficient (Wildman–Crippen LogP) is 0.943. The molecule has 1 heterocycles. The Morgan fingerprint density at radius 1 is 1.29 bits per heavy atom. The summed E-state index contributed by atoms with van der Waals surface area (Å²) in [6.45, 7) is 6.02. The van der Waals surface area contributed by atoms with Crippen LogP contribution in [0.5, 0.6) is 0 Å². The van der Waals surface area contributed by atoms with Crippen LogP contribution in [-0.2, 0) is 6.42 Å². The highest BCUT2D eigenvalue weighted by Crippen LogP contribution is 2.12. The molecular formula is C17H29N3O. The summed E-state index contributed by atoms with van der Waals surface area (Å²) >= 11 is 0. The van der Waals surface area contributed by atoms with Gasteiger partial charge >= 0.3 is 0 Å². The van der Waals surface area contributed by atoms with E-state index in [-0.39, 0.29) is 6.04 Å². The Bertz CT molecular complexity index is 412. The van der Waals surface area contributed by atoms with E-state index in [1.165, 1.54) is 5.56 Å². The molecule has 1 aromatic carbocycles. The summed E-state index contributed by atoms with van der Waals surface area (Å²) in [5.74, 6) is 0. The molecule has 118 valence electrons. The summed E-state index contributed by atoms with van der Waals surface area (Å²) in [7, 11) is 2.18. The van der Waals surface area contributed by atoms with Crippen molar-refractivity contribution in [3.05, 3.63) is 35.9 Å². The highest BCUT2D eigenvalue weighted by Gasteiger charge is 2.26. The molecule has 1 aliphatic rings. The number of nitrogens with two attached hydrogens (primary N) is 1. The number of likely N-dealkylation sites (N-methyl/N-ethyl adjacent to an activating group) is 1. The first-order valence-corrected chi connectivity index (χ1v) is 8.00. The van der Waals surface area contributed by atoms with E-state index < -0.39 is 6.10 Å². The van der Waals surface area contributed by atoms with E-state index in [4.69, 9.17) is 5.73 Å². The third kappa shape index (κ3) is 4.78. The van der Waals surface area contributed by atoms with Crippen LogP contribution in [0.4, 0.5) is 0 Å². The van der Waals surface area contributed by atoms with Crippen LogP contribution < -0.4 is 5.73 Å². The quantitative estimate of drug-likeness (QED) is 0.819. The number of hydrogen-bond donors (Lipinski definition) is 2. The van der Waals surface area contributed by atoms with E-state index in [1.807, 2.05) is 18.2 Å². The van der Waals surface area contributed by atoms with Crippen LogP contribution >= 0.6 is 0 Å². The number of piperazine rings is 1. The summed E-state index contributed by atoms with van der Waals surface area (Å²) in [5, 5.41) is 10.4. The number of rotatable bonds is 6. The molecule has 3 unspecified atom stereocenters. The van der Waals surface area contributed by atoms with E-state index in [1.54, 1.807) is 0 Å². The summed E-state index contributed by atoms with van der Waals surface area (Å²) in [5.41, 5.74) is 7.36. The molecule has 0 saturated carbocycles. The Labute approximate surface area is 128 Å². The molecule has 0 aromatic heterocycles. The fourth-order valence-electron chi connectivity index (χ4n) is 3.04. The average Bonchev–Trinajstić information content (AvgIpc) is 2.50. The van der Waals surface area contributed by atoms with Crippen molar-refractivity contribution in [2.45, 2.75) is 38.0 Å². The summed E-state index contributed by atoms with van der Waals surface area (Å²) in [6.07, 6.45) is 1.41. The number of nitrogens with zero attached hydrogens (tertiary/aromatic N) is 2. The van der Waals surface area contributed by atoms with E-state index >= 15 is 0 Å². The van der Waals surface area contributed by atoms with Crippen LogP contribution in [0.15, 0.2) is 30.3 Å². The van der Waals surface area contributed by atoms with Gasteiger partial charge in [-0.1, -0.05) is 37.3 Å². The van der Waals surface area contributed by atoms with Gasteiger partial charge in [-0.2, -0.15) is 0 Å². The van der Waals surface area contributed by atoms with E-state index in [9.17, 15) is 5.11 Å². The van der Waals surface area contributed by atoms with Gasteiger partial charge < -0.3 is 15.7 Å². The Hall–Kier alpha value is -0.940. The number of aliphatic hydroxyl groups is 1. The zero-order valence-electron chi connectivity index (χ0n) is 13.3. The normalized spacial score (nSPS) is 23.9. The van der Waals surface area contributed by atoms with Crippen molar-refractivity contribution in [1.82, 2.24) is 9.80 Å². The minimum absolute atomic E-state index is 0.202. The van der Waals surface area contributed by atoms with Gasteiger partial charge in [-0.25, -0.2) is 0 Å². The standard InChI is InChI=1S/C17H29N3O/c1-3-15-12-20(10-9-19(15)2)13-17(21)16(18)11-14-7-5-4-6-8-14/h4-8,15-17,21H,3,9-13,18H2,1-2H3.